The van der Waals surface area contributed by atoms with Crippen LogP contribution in [0, 0.1) is 0 Å². The second-order valence-corrected chi connectivity index (χ2v) is 8.64. The molecular weight excluding hydrogens is 414 g/mol. The Labute approximate surface area is 180 Å². The summed E-state index contributed by atoms with van der Waals surface area (Å²) >= 11 is 0. The first-order valence-electron chi connectivity index (χ1n) is 10.7. The summed E-state index contributed by atoms with van der Waals surface area (Å²) in [5.41, 5.74) is 30.0. The summed E-state index contributed by atoms with van der Waals surface area (Å²) in [6.07, 6.45) is -7.72. The lowest BCUT2D eigenvalue weighted by Gasteiger charge is -2.47. The van der Waals surface area contributed by atoms with Gasteiger partial charge >= 0.3 is 0 Å². The van der Waals surface area contributed by atoms with Crippen molar-refractivity contribution in [1.82, 2.24) is 0 Å². The van der Waals surface area contributed by atoms with Gasteiger partial charge in [0.2, 0.25) is 0 Å². The number of aliphatic hydroxyl groups is 4. The summed E-state index contributed by atoms with van der Waals surface area (Å²) in [4.78, 5) is 0. The minimum atomic E-state index is -1.41. The van der Waals surface area contributed by atoms with Gasteiger partial charge in [-0.05, 0) is 19.3 Å². The number of ether oxygens (including phenoxy) is 4. The molecule has 14 N–H and O–H groups in total. The van der Waals surface area contributed by atoms with E-state index in [1.54, 1.807) is 0 Å². The second-order valence-electron chi connectivity index (χ2n) is 8.64. The number of hydrogen-bond donors (Lipinski definition) is 9. The molecule has 13 nitrogen and oxygen atoms in total. The number of nitrogens with two attached hydrogens (primary N) is 5. The molecule has 12 unspecified atom stereocenters. The molecule has 31 heavy (non-hydrogen) atoms. The van der Waals surface area contributed by atoms with Gasteiger partial charge in [-0.2, -0.15) is 0 Å². The number of aliphatic hydroxyl groups excluding tert-OH is 4. The molecule has 0 spiro atoms. The molecule has 1 saturated carbocycles. The number of hydrogen-bond acceptors (Lipinski definition) is 13. The van der Waals surface area contributed by atoms with Gasteiger partial charge in [0.05, 0.1) is 24.8 Å². The van der Waals surface area contributed by atoms with Crippen LogP contribution in [0.5, 0.6) is 0 Å². The fourth-order valence-electron chi connectivity index (χ4n) is 4.36. The Balaban J connectivity index is 1.69. The molecule has 13 atom stereocenters. The Morgan fingerprint density at radius 3 is 1.97 bits per heavy atom. The first kappa shape index (κ1) is 25.1. The van der Waals surface area contributed by atoms with Crippen LogP contribution in [0.4, 0.5) is 0 Å². The molecule has 1 aliphatic carbocycles. The Hall–Kier alpha value is -0.520. The lowest BCUT2D eigenvalue weighted by Crippen LogP contribution is -2.68. The van der Waals surface area contributed by atoms with Crippen LogP contribution >= 0.6 is 0 Å². The molecule has 0 amide bonds. The van der Waals surface area contributed by atoms with Crippen LogP contribution in [0.1, 0.15) is 19.3 Å². The van der Waals surface area contributed by atoms with Gasteiger partial charge in [-0.3, -0.25) is 0 Å². The van der Waals surface area contributed by atoms with E-state index in [-0.39, 0.29) is 12.5 Å². The molecule has 0 bridgehead atoms. The topological polar surface area (TPSA) is 248 Å². The zero-order valence-electron chi connectivity index (χ0n) is 17.3. The average molecular weight is 452 g/mol. The Bertz CT molecular complexity index is 577. The number of rotatable bonds is 6. The van der Waals surface area contributed by atoms with E-state index in [9.17, 15) is 20.4 Å². The van der Waals surface area contributed by atoms with Gasteiger partial charge in [-0.15, -0.1) is 0 Å². The van der Waals surface area contributed by atoms with Crippen molar-refractivity contribution in [2.24, 2.45) is 28.7 Å². The Morgan fingerprint density at radius 2 is 1.39 bits per heavy atom. The third-order valence-electron chi connectivity index (χ3n) is 6.34. The van der Waals surface area contributed by atoms with E-state index in [1.165, 1.54) is 0 Å². The summed E-state index contributed by atoms with van der Waals surface area (Å²) in [6.45, 7) is -0.214. The predicted molar refractivity (Wildman–Crippen MR) is 107 cm³/mol. The fourth-order valence-corrected chi connectivity index (χ4v) is 4.36. The maximum absolute atomic E-state index is 11.0. The van der Waals surface area contributed by atoms with Gasteiger partial charge in [0.15, 0.2) is 12.6 Å². The SMILES string of the molecule is NCC1CCC(N)C(O[C@H]2C(N)CC(N)C(OC3OC(CO)C(O)C(N)C3O)C2O)O1. The van der Waals surface area contributed by atoms with Crippen LogP contribution < -0.4 is 28.7 Å². The second kappa shape index (κ2) is 10.6. The largest absolute Gasteiger partial charge is 0.394 e. The zero-order chi connectivity index (χ0) is 22.9. The van der Waals surface area contributed by atoms with E-state index in [2.05, 4.69) is 0 Å². The fraction of sp³-hybridized carbons (Fsp3) is 1.00. The van der Waals surface area contributed by atoms with Crippen molar-refractivity contribution in [3.8, 4) is 0 Å². The monoisotopic (exact) mass is 451 g/mol. The predicted octanol–water partition coefficient (Wildman–Crippen LogP) is -5.27. The minimum Gasteiger partial charge on any atom is -0.394 e. The highest BCUT2D eigenvalue weighted by atomic mass is 16.7. The summed E-state index contributed by atoms with van der Waals surface area (Å²) in [5.74, 6) is 0. The van der Waals surface area contributed by atoms with Crippen LogP contribution in [0.3, 0.4) is 0 Å². The average Bonchev–Trinajstić information content (AvgIpc) is 2.75. The van der Waals surface area contributed by atoms with Crippen LogP contribution in [-0.4, -0.2) is 113 Å². The van der Waals surface area contributed by atoms with Gasteiger partial charge < -0.3 is 68.0 Å². The third-order valence-corrected chi connectivity index (χ3v) is 6.34. The van der Waals surface area contributed by atoms with Crippen molar-refractivity contribution in [2.45, 2.75) is 98.7 Å². The molecule has 2 aliphatic heterocycles. The molecule has 3 fully saturated rings. The minimum absolute atomic E-state index is 0.204. The summed E-state index contributed by atoms with van der Waals surface area (Å²) < 4.78 is 23.0. The molecule has 3 aliphatic rings. The van der Waals surface area contributed by atoms with Crippen molar-refractivity contribution < 1.29 is 39.4 Å². The van der Waals surface area contributed by atoms with Gasteiger partial charge in [-0.1, -0.05) is 0 Å². The van der Waals surface area contributed by atoms with E-state index < -0.39 is 80.0 Å². The Kier molecular flexibility index (Phi) is 8.59. The summed E-state index contributed by atoms with van der Waals surface area (Å²) in [6, 6.07) is -2.85. The first-order valence-corrected chi connectivity index (χ1v) is 10.7. The maximum atomic E-state index is 11.0. The maximum Gasteiger partial charge on any atom is 0.186 e. The van der Waals surface area contributed by atoms with Crippen LogP contribution in [0.2, 0.25) is 0 Å². The molecule has 0 radical (unpaired) electrons. The van der Waals surface area contributed by atoms with Crippen LogP contribution in [0.15, 0.2) is 0 Å². The molecule has 0 aromatic carbocycles. The van der Waals surface area contributed by atoms with E-state index >= 15 is 0 Å². The zero-order valence-corrected chi connectivity index (χ0v) is 17.3. The van der Waals surface area contributed by atoms with Crippen molar-refractivity contribution in [3.63, 3.8) is 0 Å². The van der Waals surface area contributed by atoms with Gasteiger partial charge in [0.25, 0.3) is 0 Å². The molecule has 2 saturated heterocycles. The van der Waals surface area contributed by atoms with Crippen molar-refractivity contribution in [3.05, 3.63) is 0 Å². The van der Waals surface area contributed by atoms with Crippen molar-refractivity contribution in [2.75, 3.05) is 13.2 Å². The highest BCUT2D eigenvalue weighted by molar-refractivity contribution is 5.00. The van der Waals surface area contributed by atoms with Gasteiger partial charge in [-0.25, -0.2) is 0 Å². The van der Waals surface area contributed by atoms with Gasteiger partial charge in [0.1, 0.15) is 36.6 Å². The lowest BCUT2D eigenvalue weighted by molar-refractivity contribution is -0.313. The quantitative estimate of drug-likeness (QED) is 0.183. The molecule has 13 heteroatoms. The molecule has 0 aromatic heterocycles. The first-order chi connectivity index (χ1) is 14.7. The van der Waals surface area contributed by atoms with Gasteiger partial charge in [0, 0.05) is 18.6 Å². The molecular formula is C18H37N5O8. The van der Waals surface area contributed by atoms with E-state index in [1.807, 2.05) is 0 Å². The summed E-state index contributed by atoms with van der Waals surface area (Å²) in [5, 5.41) is 40.7. The highest BCUT2D eigenvalue weighted by Crippen LogP contribution is 2.30. The molecule has 3 rings (SSSR count). The lowest BCUT2D eigenvalue weighted by atomic mass is 9.84. The van der Waals surface area contributed by atoms with E-state index in [0.29, 0.717) is 19.4 Å². The normalized spacial score (nSPS) is 51.6. The highest BCUT2D eigenvalue weighted by Gasteiger charge is 2.49. The van der Waals surface area contributed by atoms with Crippen LogP contribution in [0.25, 0.3) is 0 Å². The standard InChI is InChI=1S/C18H37N5O8/c19-4-6-1-2-7(20)17(28-6)30-15-8(21)3-9(22)16(14(15)27)31-18-13(26)11(23)12(25)10(5-24)29-18/h6-18,24-27H,1-5,19-23H2/t6?,7?,8?,9?,10?,11?,12?,13?,14?,15-,16?,17?,18?/m0/s1. The molecule has 2 heterocycles. The van der Waals surface area contributed by atoms with E-state index in [4.69, 9.17) is 47.6 Å². The summed E-state index contributed by atoms with van der Waals surface area (Å²) in [7, 11) is 0. The van der Waals surface area contributed by atoms with E-state index in [0.717, 1.165) is 0 Å². The molecule has 182 valence electrons. The van der Waals surface area contributed by atoms with Crippen molar-refractivity contribution >= 4 is 0 Å². The third kappa shape index (κ3) is 5.35. The Morgan fingerprint density at radius 1 is 0.774 bits per heavy atom. The smallest absolute Gasteiger partial charge is 0.186 e. The molecule has 0 aromatic rings. The van der Waals surface area contributed by atoms with Crippen LogP contribution in [-0.2, 0) is 18.9 Å². The van der Waals surface area contributed by atoms with Crippen molar-refractivity contribution in [1.29, 1.82) is 0 Å².